The second-order valence-corrected chi connectivity index (χ2v) is 7.34. The SMILES string of the molecule is O=C(Cc1cccc2ccccc12)N[C@H]1CCSc2c(F)cccc21. The second-order valence-electron chi connectivity index (χ2n) is 6.23. The molecule has 0 unspecified atom stereocenters. The van der Waals surface area contributed by atoms with Gasteiger partial charge in [-0.15, -0.1) is 11.8 Å². The number of nitrogens with one attached hydrogen (secondary N) is 1. The van der Waals surface area contributed by atoms with Crippen molar-refractivity contribution in [3.05, 3.63) is 77.6 Å². The van der Waals surface area contributed by atoms with Gasteiger partial charge in [0.2, 0.25) is 5.91 Å². The topological polar surface area (TPSA) is 29.1 Å². The van der Waals surface area contributed by atoms with Crippen LogP contribution in [-0.4, -0.2) is 11.7 Å². The van der Waals surface area contributed by atoms with Gasteiger partial charge in [0.1, 0.15) is 5.82 Å². The highest BCUT2D eigenvalue weighted by atomic mass is 32.2. The van der Waals surface area contributed by atoms with Gasteiger partial charge in [0.25, 0.3) is 0 Å². The Bertz CT molecular complexity index is 935. The summed E-state index contributed by atoms with van der Waals surface area (Å²) in [4.78, 5) is 13.3. The minimum Gasteiger partial charge on any atom is -0.349 e. The Morgan fingerprint density at radius 1 is 1.08 bits per heavy atom. The summed E-state index contributed by atoms with van der Waals surface area (Å²) < 4.78 is 14.0. The number of hydrogen-bond acceptors (Lipinski definition) is 2. The van der Waals surface area contributed by atoms with E-state index in [0.717, 1.165) is 34.1 Å². The number of carbonyl (C=O) groups excluding carboxylic acids is 1. The molecule has 3 aromatic rings. The first kappa shape index (κ1) is 16.2. The van der Waals surface area contributed by atoms with Crippen LogP contribution in [0.1, 0.15) is 23.6 Å². The van der Waals surface area contributed by atoms with Gasteiger partial charge in [-0.1, -0.05) is 54.6 Å². The zero-order valence-electron chi connectivity index (χ0n) is 13.7. The van der Waals surface area contributed by atoms with Gasteiger partial charge in [-0.05, 0) is 34.4 Å². The van der Waals surface area contributed by atoms with Crippen molar-refractivity contribution in [2.75, 3.05) is 5.75 Å². The molecule has 1 amide bonds. The van der Waals surface area contributed by atoms with Gasteiger partial charge in [-0.25, -0.2) is 4.39 Å². The fourth-order valence-electron chi connectivity index (χ4n) is 3.40. The van der Waals surface area contributed by atoms with Crippen LogP contribution in [0.4, 0.5) is 4.39 Å². The van der Waals surface area contributed by atoms with Gasteiger partial charge in [-0.3, -0.25) is 4.79 Å². The molecule has 0 fully saturated rings. The van der Waals surface area contributed by atoms with Gasteiger partial charge in [0.05, 0.1) is 12.5 Å². The van der Waals surface area contributed by atoms with E-state index in [9.17, 15) is 9.18 Å². The highest BCUT2D eigenvalue weighted by Gasteiger charge is 2.24. The molecule has 1 aliphatic rings. The van der Waals surface area contributed by atoms with E-state index in [-0.39, 0.29) is 17.8 Å². The summed E-state index contributed by atoms with van der Waals surface area (Å²) in [6, 6.07) is 19.1. The van der Waals surface area contributed by atoms with Crippen LogP contribution in [0.2, 0.25) is 0 Å². The monoisotopic (exact) mass is 351 g/mol. The average Bonchev–Trinajstić information content (AvgIpc) is 2.63. The molecule has 0 aromatic heterocycles. The highest BCUT2D eigenvalue weighted by Crippen LogP contribution is 2.37. The Kier molecular flexibility index (Phi) is 4.45. The van der Waals surface area contributed by atoms with Gasteiger partial charge in [0, 0.05) is 10.6 Å². The zero-order valence-corrected chi connectivity index (χ0v) is 14.5. The molecule has 2 nitrogen and oxygen atoms in total. The predicted molar refractivity (Wildman–Crippen MR) is 100 cm³/mol. The average molecular weight is 351 g/mol. The number of carbonyl (C=O) groups is 1. The summed E-state index contributed by atoms with van der Waals surface area (Å²) in [5, 5.41) is 5.33. The molecule has 1 atom stereocenters. The summed E-state index contributed by atoms with van der Waals surface area (Å²) in [5.41, 5.74) is 1.91. The summed E-state index contributed by atoms with van der Waals surface area (Å²) in [7, 11) is 0. The maximum atomic E-state index is 14.0. The highest BCUT2D eigenvalue weighted by molar-refractivity contribution is 7.99. The van der Waals surface area contributed by atoms with E-state index in [1.165, 1.54) is 17.8 Å². The minimum absolute atomic E-state index is 0.0246. The van der Waals surface area contributed by atoms with Crippen molar-refractivity contribution in [1.82, 2.24) is 5.32 Å². The molecule has 3 aromatic carbocycles. The standard InChI is InChI=1S/C21H18FNOS/c22-18-10-4-9-17-19(11-12-25-21(17)18)23-20(24)13-15-7-3-6-14-5-1-2-8-16(14)15/h1-10,19H,11-13H2,(H,23,24)/t19-/m0/s1. The molecule has 0 spiro atoms. The maximum absolute atomic E-state index is 14.0. The number of fused-ring (bicyclic) bond motifs is 2. The van der Waals surface area contributed by atoms with Crippen LogP contribution in [0, 0.1) is 5.82 Å². The van der Waals surface area contributed by atoms with Gasteiger partial charge in [0.15, 0.2) is 0 Å². The van der Waals surface area contributed by atoms with E-state index >= 15 is 0 Å². The van der Waals surface area contributed by atoms with Crippen molar-refractivity contribution in [3.63, 3.8) is 0 Å². The van der Waals surface area contributed by atoms with Crippen LogP contribution in [0.25, 0.3) is 10.8 Å². The maximum Gasteiger partial charge on any atom is 0.224 e. The Labute approximate surface area is 150 Å². The third kappa shape index (κ3) is 3.27. The summed E-state index contributed by atoms with van der Waals surface area (Å²) in [6.45, 7) is 0. The molecule has 1 heterocycles. The van der Waals surface area contributed by atoms with Crippen molar-refractivity contribution in [3.8, 4) is 0 Å². The molecule has 25 heavy (non-hydrogen) atoms. The molecule has 4 rings (SSSR count). The Morgan fingerprint density at radius 3 is 2.80 bits per heavy atom. The lowest BCUT2D eigenvalue weighted by Gasteiger charge is -2.26. The third-order valence-corrected chi connectivity index (χ3v) is 5.75. The number of amides is 1. The fourth-order valence-corrected chi connectivity index (χ4v) is 4.54. The second kappa shape index (κ2) is 6.89. The molecule has 1 N–H and O–H groups in total. The quantitative estimate of drug-likeness (QED) is 0.729. The molecule has 4 heteroatoms. The van der Waals surface area contributed by atoms with Crippen molar-refractivity contribution < 1.29 is 9.18 Å². The number of rotatable bonds is 3. The van der Waals surface area contributed by atoms with Crippen LogP contribution in [-0.2, 0) is 11.2 Å². The first-order valence-electron chi connectivity index (χ1n) is 8.39. The van der Waals surface area contributed by atoms with Gasteiger partial charge in [-0.2, -0.15) is 0 Å². The molecule has 1 aliphatic heterocycles. The van der Waals surface area contributed by atoms with E-state index in [1.807, 2.05) is 48.5 Å². The largest absolute Gasteiger partial charge is 0.349 e. The predicted octanol–water partition coefficient (Wildman–Crippen LogP) is 4.87. The van der Waals surface area contributed by atoms with Crippen LogP contribution in [0.3, 0.4) is 0 Å². The summed E-state index contributed by atoms with van der Waals surface area (Å²) >= 11 is 1.53. The normalized spacial score (nSPS) is 16.4. The molecule has 0 aliphatic carbocycles. The Hall–Kier alpha value is -2.33. The number of thioether (sulfide) groups is 1. The lowest BCUT2D eigenvalue weighted by molar-refractivity contribution is -0.121. The van der Waals surface area contributed by atoms with Crippen molar-refractivity contribution in [2.24, 2.45) is 0 Å². The van der Waals surface area contributed by atoms with Crippen LogP contribution < -0.4 is 5.32 Å². The van der Waals surface area contributed by atoms with Crippen LogP contribution in [0.15, 0.2) is 65.6 Å². The molecule has 0 bridgehead atoms. The molecular weight excluding hydrogens is 333 g/mol. The van der Waals surface area contributed by atoms with E-state index in [2.05, 4.69) is 5.32 Å². The van der Waals surface area contributed by atoms with E-state index < -0.39 is 0 Å². The first-order valence-corrected chi connectivity index (χ1v) is 9.38. The molecule has 0 saturated heterocycles. The van der Waals surface area contributed by atoms with Crippen molar-refractivity contribution in [1.29, 1.82) is 0 Å². The zero-order chi connectivity index (χ0) is 17.2. The van der Waals surface area contributed by atoms with E-state index in [4.69, 9.17) is 0 Å². The lowest BCUT2D eigenvalue weighted by Crippen LogP contribution is -2.32. The van der Waals surface area contributed by atoms with E-state index in [0.29, 0.717) is 11.3 Å². The summed E-state index contributed by atoms with van der Waals surface area (Å²) in [6.07, 6.45) is 1.15. The third-order valence-electron chi connectivity index (χ3n) is 4.59. The molecule has 0 radical (unpaired) electrons. The van der Waals surface area contributed by atoms with Crippen molar-refractivity contribution >= 4 is 28.4 Å². The van der Waals surface area contributed by atoms with Crippen molar-refractivity contribution in [2.45, 2.75) is 23.8 Å². The number of halogens is 1. The summed E-state index contributed by atoms with van der Waals surface area (Å²) in [5.74, 6) is 0.589. The molecule has 126 valence electrons. The number of benzene rings is 3. The molecule has 0 saturated carbocycles. The van der Waals surface area contributed by atoms with E-state index in [1.54, 1.807) is 6.07 Å². The van der Waals surface area contributed by atoms with Gasteiger partial charge < -0.3 is 5.32 Å². The number of hydrogen-bond donors (Lipinski definition) is 1. The smallest absolute Gasteiger partial charge is 0.224 e. The van der Waals surface area contributed by atoms with Crippen LogP contribution in [0.5, 0.6) is 0 Å². The fraction of sp³-hybridized carbons (Fsp3) is 0.190. The first-order chi connectivity index (χ1) is 12.2. The van der Waals surface area contributed by atoms with Gasteiger partial charge >= 0.3 is 0 Å². The Balaban J connectivity index is 1.55. The Morgan fingerprint density at radius 2 is 1.88 bits per heavy atom. The molecular formula is C21H18FNOS. The van der Waals surface area contributed by atoms with Crippen LogP contribution >= 0.6 is 11.8 Å². The minimum atomic E-state index is -0.199. The lowest BCUT2D eigenvalue weighted by atomic mass is 10.0.